The maximum Gasteiger partial charge on any atom is -0.0122 e. The molecule has 0 amide bonds. The summed E-state index contributed by atoms with van der Waals surface area (Å²) in [7, 11) is 3.35. The van der Waals surface area contributed by atoms with Crippen LogP contribution in [0, 0.1) is 5.92 Å². The third kappa shape index (κ3) is 11.0. The monoisotopic (exact) mass is 332 g/mol. The highest BCUT2D eigenvalue weighted by molar-refractivity contribution is 7.19. The Kier molecular flexibility index (Phi) is 18.2. The van der Waals surface area contributed by atoms with Gasteiger partial charge in [0.2, 0.25) is 0 Å². The van der Waals surface area contributed by atoms with Crippen LogP contribution < -0.4 is 0 Å². The van der Waals surface area contributed by atoms with Gasteiger partial charge >= 0.3 is 0 Å². The van der Waals surface area contributed by atoms with Gasteiger partial charge in [-0.2, -0.15) is 0 Å². The van der Waals surface area contributed by atoms with Crippen LogP contribution in [-0.2, 0) is 0 Å². The lowest BCUT2D eigenvalue weighted by molar-refractivity contribution is 0.275. The van der Waals surface area contributed by atoms with Crippen molar-refractivity contribution in [2.75, 3.05) is 0 Å². The van der Waals surface area contributed by atoms with Crippen molar-refractivity contribution in [3.8, 4) is 0 Å². The highest BCUT2D eigenvalue weighted by atomic mass is 31.0. The van der Waals surface area contributed by atoms with Crippen LogP contribution in [0.15, 0.2) is 0 Å². The molecular weight excluding hydrogens is 287 g/mol. The molecule has 0 aliphatic heterocycles. The predicted octanol–water partition coefficient (Wildman–Crippen LogP) is 6.93. The third-order valence-corrected chi connectivity index (χ3v) is 6.17. The standard InChI is InChI=1S/C20H43P.H2O/c1-5-9-13-14-16-19(15-10-6-2)20(21,17-11-7-3)18-12-8-4;/h19H,5-18,21H2,1-4H3;1H2. The average Bonchev–Trinajstić information content (AvgIpc) is 2.50. The van der Waals surface area contributed by atoms with Crippen molar-refractivity contribution in [3.05, 3.63) is 0 Å². The van der Waals surface area contributed by atoms with E-state index in [2.05, 4.69) is 36.9 Å². The lowest BCUT2D eigenvalue weighted by atomic mass is 9.77. The van der Waals surface area contributed by atoms with Gasteiger partial charge in [-0.25, -0.2) is 0 Å². The van der Waals surface area contributed by atoms with Gasteiger partial charge in [-0.3, -0.25) is 0 Å². The first kappa shape index (κ1) is 24.6. The highest BCUT2D eigenvalue weighted by Crippen LogP contribution is 2.43. The highest BCUT2D eigenvalue weighted by Gasteiger charge is 2.32. The Morgan fingerprint density at radius 2 is 1.09 bits per heavy atom. The first-order valence-electron chi connectivity index (χ1n) is 9.93. The molecule has 136 valence electrons. The van der Waals surface area contributed by atoms with Crippen molar-refractivity contribution in [2.24, 2.45) is 5.92 Å². The molecule has 2 atom stereocenters. The van der Waals surface area contributed by atoms with Crippen LogP contribution in [0.4, 0.5) is 0 Å². The quantitative estimate of drug-likeness (QED) is 0.230. The Morgan fingerprint density at radius 3 is 1.55 bits per heavy atom. The van der Waals surface area contributed by atoms with Gasteiger partial charge in [-0.05, 0) is 36.8 Å². The van der Waals surface area contributed by atoms with Crippen LogP contribution in [0.5, 0.6) is 0 Å². The first-order chi connectivity index (χ1) is 10.1. The van der Waals surface area contributed by atoms with Crippen LogP contribution >= 0.6 is 9.24 Å². The number of hydrogen-bond donors (Lipinski definition) is 0. The summed E-state index contributed by atoms with van der Waals surface area (Å²) in [5.41, 5.74) is 0. The molecule has 2 heteroatoms. The van der Waals surface area contributed by atoms with Gasteiger partial charge < -0.3 is 5.48 Å². The van der Waals surface area contributed by atoms with Crippen molar-refractivity contribution in [2.45, 2.75) is 123 Å². The summed E-state index contributed by atoms with van der Waals surface area (Å²) in [6.07, 6.45) is 19.8. The zero-order valence-corrected chi connectivity index (χ0v) is 17.2. The smallest absolute Gasteiger partial charge is 0.0122 e. The maximum atomic E-state index is 3.35. The maximum absolute atomic E-state index is 3.35. The Morgan fingerprint density at radius 1 is 0.636 bits per heavy atom. The first-order valence-corrected chi connectivity index (χ1v) is 10.5. The fourth-order valence-electron chi connectivity index (χ4n) is 3.53. The molecule has 0 fully saturated rings. The zero-order valence-electron chi connectivity index (χ0n) is 16.1. The van der Waals surface area contributed by atoms with Gasteiger partial charge in [0.1, 0.15) is 0 Å². The lowest BCUT2D eigenvalue weighted by Gasteiger charge is -2.39. The minimum Gasteiger partial charge on any atom is -0.412 e. The summed E-state index contributed by atoms with van der Waals surface area (Å²) in [6, 6.07) is 0. The van der Waals surface area contributed by atoms with Gasteiger partial charge in [-0.1, -0.05) is 91.9 Å². The molecule has 2 unspecified atom stereocenters. The van der Waals surface area contributed by atoms with E-state index in [9.17, 15) is 0 Å². The summed E-state index contributed by atoms with van der Waals surface area (Å²) >= 11 is 0. The molecular formula is C20H45OP. The van der Waals surface area contributed by atoms with Crippen molar-refractivity contribution < 1.29 is 5.48 Å². The fraction of sp³-hybridized carbons (Fsp3) is 1.00. The van der Waals surface area contributed by atoms with E-state index in [0.29, 0.717) is 5.16 Å². The average molecular weight is 333 g/mol. The number of unbranched alkanes of at least 4 members (excludes halogenated alkanes) is 6. The van der Waals surface area contributed by atoms with E-state index in [4.69, 9.17) is 0 Å². The lowest BCUT2D eigenvalue weighted by Crippen LogP contribution is -2.32. The van der Waals surface area contributed by atoms with Gasteiger partial charge in [0.15, 0.2) is 0 Å². The molecule has 0 aliphatic rings. The van der Waals surface area contributed by atoms with Crippen LogP contribution in [0.2, 0.25) is 0 Å². The Hall–Kier alpha value is 0.390. The largest absolute Gasteiger partial charge is 0.412 e. The SMILES string of the molecule is CCCCCCC(CCCC)C(P)(CCCC)CCCC.O. The second kappa shape index (κ2) is 16.3. The molecule has 0 saturated heterocycles. The minimum atomic E-state index is 0. The summed E-state index contributed by atoms with van der Waals surface area (Å²) in [5.74, 6) is 0.942. The molecule has 0 radical (unpaired) electrons. The molecule has 0 spiro atoms. The molecule has 0 aliphatic carbocycles. The van der Waals surface area contributed by atoms with Crippen molar-refractivity contribution in [1.29, 1.82) is 0 Å². The van der Waals surface area contributed by atoms with Crippen molar-refractivity contribution in [1.82, 2.24) is 0 Å². The summed E-state index contributed by atoms with van der Waals surface area (Å²) < 4.78 is 0. The van der Waals surface area contributed by atoms with E-state index in [1.807, 2.05) is 0 Å². The third-order valence-electron chi connectivity index (χ3n) is 5.12. The van der Waals surface area contributed by atoms with Gasteiger partial charge in [-0.15, -0.1) is 9.24 Å². The van der Waals surface area contributed by atoms with Crippen LogP contribution in [-0.4, -0.2) is 10.6 Å². The van der Waals surface area contributed by atoms with Crippen LogP contribution in [0.1, 0.15) is 118 Å². The topological polar surface area (TPSA) is 31.5 Å². The van der Waals surface area contributed by atoms with Gasteiger partial charge in [0, 0.05) is 0 Å². The molecule has 22 heavy (non-hydrogen) atoms. The minimum absolute atomic E-state index is 0. The summed E-state index contributed by atoms with van der Waals surface area (Å²) in [4.78, 5) is 0. The molecule has 2 N–H and O–H groups in total. The van der Waals surface area contributed by atoms with Gasteiger partial charge in [0.05, 0.1) is 0 Å². The second-order valence-electron chi connectivity index (χ2n) is 7.13. The summed E-state index contributed by atoms with van der Waals surface area (Å²) in [5, 5.41) is 0.535. The molecule has 0 aromatic carbocycles. The molecule has 0 bridgehead atoms. The second-order valence-corrected chi connectivity index (χ2v) is 8.28. The molecule has 0 aromatic heterocycles. The van der Waals surface area contributed by atoms with Crippen LogP contribution in [0.25, 0.3) is 0 Å². The van der Waals surface area contributed by atoms with Gasteiger partial charge in [0.25, 0.3) is 0 Å². The van der Waals surface area contributed by atoms with E-state index >= 15 is 0 Å². The predicted molar refractivity (Wildman–Crippen MR) is 107 cm³/mol. The van der Waals surface area contributed by atoms with E-state index in [0.717, 1.165) is 5.92 Å². The fourth-order valence-corrected chi connectivity index (χ4v) is 4.27. The molecule has 0 heterocycles. The number of hydrogen-bond acceptors (Lipinski definition) is 0. The van der Waals surface area contributed by atoms with E-state index in [1.165, 1.54) is 89.9 Å². The van der Waals surface area contributed by atoms with Crippen molar-refractivity contribution in [3.63, 3.8) is 0 Å². The molecule has 0 saturated carbocycles. The van der Waals surface area contributed by atoms with E-state index in [1.54, 1.807) is 0 Å². The van der Waals surface area contributed by atoms with Crippen molar-refractivity contribution >= 4 is 9.24 Å². The molecule has 0 aromatic rings. The van der Waals surface area contributed by atoms with Crippen LogP contribution in [0.3, 0.4) is 0 Å². The number of rotatable bonds is 15. The van der Waals surface area contributed by atoms with E-state index < -0.39 is 0 Å². The molecule has 1 nitrogen and oxygen atoms in total. The zero-order chi connectivity index (χ0) is 16.0. The van der Waals surface area contributed by atoms with E-state index in [-0.39, 0.29) is 5.48 Å². The Labute approximate surface area is 143 Å². The Bertz CT molecular complexity index is 210. The summed E-state index contributed by atoms with van der Waals surface area (Å²) in [6.45, 7) is 9.34. The molecule has 0 rings (SSSR count). The normalized spacial score (nSPS) is 13.0. The Balaban J connectivity index is 0.